The summed E-state index contributed by atoms with van der Waals surface area (Å²) in [6.45, 7) is 7.67. The summed E-state index contributed by atoms with van der Waals surface area (Å²) in [4.78, 5) is 45.2. The van der Waals surface area contributed by atoms with Crippen LogP contribution in [0.3, 0.4) is 0 Å². The number of nitrogens with zero attached hydrogens (tertiary/aromatic N) is 5. The number of carbonyl (C=O) groups excluding carboxylic acids is 1. The Morgan fingerprint density at radius 1 is 1.17 bits per heavy atom. The highest BCUT2D eigenvalue weighted by Crippen LogP contribution is 2.36. The van der Waals surface area contributed by atoms with Gasteiger partial charge in [0.25, 0.3) is 5.56 Å². The van der Waals surface area contributed by atoms with Gasteiger partial charge in [-0.1, -0.05) is 11.3 Å². The van der Waals surface area contributed by atoms with Crippen LogP contribution in [-0.2, 0) is 31.1 Å². The molecule has 0 bridgehead atoms. The molecule has 2 saturated heterocycles. The highest BCUT2D eigenvalue weighted by molar-refractivity contribution is 7.21. The van der Waals surface area contributed by atoms with Crippen LogP contribution >= 0.6 is 11.3 Å². The first kappa shape index (κ1) is 34.0. The first-order valence-corrected chi connectivity index (χ1v) is 17.2. The molecule has 0 unspecified atom stereocenters. The van der Waals surface area contributed by atoms with Crippen molar-refractivity contribution in [1.82, 2.24) is 23.8 Å². The maximum Gasteiger partial charge on any atom is 0.333 e. The lowest BCUT2D eigenvalue weighted by molar-refractivity contribution is -0.138. The number of halogens is 1. The lowest BCUT2D eigenvalue weighted by Gasteiger charge is -2.32. The lowest BCUT2D eigenvalue weighted by Crippen LogP contribution is -2.56. The van der Waals surface area contributed by atoms with Gasteiger partial charge in [0, 0.05) is 56.9 Å². The van der Waals surface area contributed by atoms with E-state index in [9.17, 15) is 18.8 Å². The van der Waals surface area contributed by atoms with Crippen molar-refractivity contribution in [3.05, 3.63) is 74.4 Å². The molecule has 1 aromatic carbocycles. The molecule has 2 aliphatic rings. The minimum absolute atomic E-state index is 0.0798. The largest absolute Gasteiger partial charge is 0.491 e. The summed E-state index contributed by atoms with van der Waals surface area (Å²) in [5.74, 6) is -0.385. The molecule has 0 radical (unpaired) electrons. The van der Waals surface area contributed by atoms with Crippen LogP contribution in [0, 0.1) is 12.7 Å². The monoisotopic (exact) mass is 683 g/mol. The van der Waals surface area contributed by atoms with Gasteiger partial charge in [0.2, 0.25) is 5.91 Å². The van der Waals surface area contributed by atoms with E-state index in [0.717, 1.165) is 17.4 Å². The number of aromatic nitrogens is 4. The molecule has 0 saturated carbocycles. The van der Waals surface area contributed by atoms with Crippen molar-refractivity contribution in [3.8, 4) is 10.8 Å². The number of amides is 1. The summed E-state index contributed by atoms with van der Waals surface area (Å²) in [5.41, 5.74) is -1.64. The Hall–Kier alpha value is -3.85. The Morgan fingerprint density at radius 3 is 2.60 bits per heavy atom. The van der Waals surface area contributed by atoms with Crippen LogP contribution in [0.5, 0.6) is 5.75 Å². The zero-order valence-electron chi connectivity index (χ0n) is 27.8. The molecule has 2 fully saturated rings. The zero-order chi connectivity index (χ0) is 34.0. The molecule has 1 amide bonds. The van der Waals surface area contributed by atoms with Crippen molar-refractivity contribution in [2.75, 3.05) is 46.6 Å². The van der Waals surface area contributed by atoms with Gasteiger partial charge in [0.1, 0.15) is 39.6 Å². The highest BCUT2D eigenvalue weighted by atomic mass is 32.1. The molecule has 2 aliphatic heterocycles. The van der Waals surface area contributed by atoms with E-state index in [0.29, 0.717) is 77.8 Å². The molecule has 5 heterocycles. The van der Waals surface area contributed by atoms with E-state index in [1.807, 2.05) is 6.92 Å². The van der Waals surface area contributed by atoms with Crippen LogP contribution in [0.1, 0.15) is 56.8 Å². The average molecular weight is 684 g/mol. The fourth-order valence-corrected chi connectivity index (χ4v) is 7.81. The Bertz CT molecular complexity index is 1870. The number of carbonyl (C=O) groups is 1. The molecule has 4 aromatic rings. The van der Waals surface area contributed by atoms with E-state index < -0.39 is 28.7 Å². The van der Waals surface area contributed by atoms with E-state index >= 15 is 0 Å². The second-order valence-corrected chi connectivity index (χ2v) is 13.7. The van der Waals surface area contributed by atoms with Gasteiger partial charge < -0.3 is 23.8 Å². The first-order valence-electron chi connectivity index (χ1n) is 16.3. The zero-order valence-corrected chi connectivity index (χ0v) is 28.6. The third kappa shape index (κ3) is 6.58. The number of likely N-dealkylation sites (tertiary alicyclic amines) is 1. The number of ether oxygens (including phenoxy) is 4. The summed E-state index contributed by atoms with van der Waals surface area (Å²) in [5, 5.41) is 5.36. The number of benzene rings is 1. The fourth-order valence-electron chi connectivity index (χ4n) is 6.56. The number of methoxy groups -OCH3 is 1. The third-order valence-electron chi connectivity index (χ3n) is 9.11. The maximum absolute atomic E-state index is 14.9. The summed E-state index contributed by atoms with van der Waals surface area (Å²) in [6, 6.07) is 6.00. The van der Waals surface area contributed by atoms with Crippen LogP contribution in [0.25, 0.3) is 15.2 Å². The van der Waals surface area contributed by atoms with Crippen molar-refractivity contribution in [2.24, 2.45) is 0 Å². The third-order valence-corrected chi connectivity index (χ3v) is 10.4. The van der Waals surface area contributed by atoms with Gasteiger partial charge in [0.15, 0.2) is 0 Å². The summed E-state index contributed by atoms with van der Waals surface area (Å²) in [7, 11) is 1.56. The van der Waals surface area contributed by atoms with E-state index in [1.54, 1.807) is 55.1 Å². The van der Waals surface area contributed by atoms with Crippen molar-refractivity contribution < 1.29 is 28.1 Å². The summed E-state index contributed by atoms with van der Waals surface area (Å²) >= 11 is 1.25. The topological polar surface area (TPSA) is 119 Å². The molecule has 48 heavy (non-hydrogen) atoms. The van der Waals surface area contributed by atoms with Gasteiger partial charge in [0.05, 0.1) is 24.6 Å². The van der Waals surface area contributed by atoms with Crippen molar-refractivity contribution in [3.63, 3.8) is 0 Å². The van der Waals surface area contributed by atoms with Gasteiger partial charge in [-0.15, -0.1) is 0 Å². The standard InChI is InChI=1S/C34H42FN5O7S/c1-22-28-29(41)40(34(2,3)32(42)37-13-5-6-14-37)33(43)38(31(28)48-30(22)39-15-7-12-36-39)21-27(47-24-10-16-45-17-11-24)25-20-23(35)8-9-26(25)46-19-18-44-4/h7-9,12,15,20,24,27H,5-6,10-11,13-14,16-19,21H2,1-4H3/t27-/m0/s1. The smallest absolute Gasteiger partial charge is 0.333 e. The van der Waals surface area contributed by atoms with E-state index in [2.05, 4.69) is 5.10 Å². The van der Waals surface area contributed by atoms with Crippen LogP contribution < -0.4 is 16.0 Å². The van der Waals surface area contributed by atoms with E-state index in [4.69, 9.17) is 18.9 Å². The maximum atomic E-state index is 14.9. The summed E-state index contributed by atoms with van der Waals surface area (Å²) < 4.78 is 42.6. The Labute approximate surface area is 281 Å². The molecule has 14 heteroatoms. The van der Waals surface area contributed by atoms with E-state index in [-0.39, 0.29) is 25.2 Å². The normalized spacial score (nSPS) is 16.6. The molecule has 258 valence electrons. The van der Waals surface area contributed by atoms with Gasteiger partial charge in [-0.2, -0.15) is 5.10 Å². The first-order chi connectivity index (χ1) is 23.1. The fraction of sp³-hybridized carbons (Fsp3) is 0.529. The predicted molar refractivity (Wildman–Crippen MR) is 179 cm³/mol. The number of hydrogen-bond donors (Lipinski definition) is 0. The molecule has 6 rings (SSSR count). The molecule has 0 spiro atoms. The number of fused-ring (bicyclic) bond motifs is 1. The van der Waals surface area contributed by atoms with Crippen LogP contribution in [0.15, 0.2) is 46.2 Å². The van der Waals surface area contributed by atoms with Crippen molar-refractivity contribution in [2.45, 2.75) is 70.7 Å². The molecule has 1 atom stereocenters. The van der Waals surface area contributed by atoms with Crippen molar-refractivity contribution in [1.29, 1.82) is 0 Å². The van der Waals surface area contributed by atoms with Gasteiger partial charge >= 0.3 is 5.69 Å². The van der Waals surface area contributed by atoms with Crippen LogP contribution in [0.2, 0.25) is 0 Å². The van der Waals surface area contributed by atoms with Crippen LogP contribution in [-0.4, -0.2) is 82.5 Å². The molecule has 0 aliphatic carbocycles. The van der Waals surface area contributed by atoms with Gasteiger partial charge in [-0.3, -0.25) is 14.2 Å². The average Bonchev–Trinajstić information content (AvgIpc) is 3.86. The van der Waals surface area contributed by atoms with Gasteiger partial charge in [-0.05, 0) is 70.7 Å². The molecule has 3 aromatic heterocycles. The number of thiophene rings is 1. The molecular formula is C34H42FN5O7S. The number of hydrogen-bond acceptors (Lipinski definition) is 9. The minimum atomic E-state index is -1.49. The second kappa shape index (κ2) is 14.3. The van der Waals surface area contributed by atoms with E-state index in [1.165, 1.54) is 28.0 Å². The molecule has 0 N–H and O–H groups in total. The molecular weight excluding hydrogens is 641 g/mol. The Balaban J connectivity index is 1.55. The number of aryl methyl sites for hydroxylation is 1. The Kier molecular flexibility index (Phi) is 10.2. The van der Waals surface area contributed by atoms with Crippen LogP contribution in [0.4, 0.5) is 4.39 Å². The van der Waals surface area contributed by atoms with Gasteiger partial charge in [-0.25, -0.2) is 18.4 Å². The lowest BCUT2D eigenvalue weighted by atomic mass is 10.0. The highest BCUT2D eigenvalue weighted by Gasteiger charge is 2.39. The minimum Gasteiger partial charge on any atom is -0.491 e. The van der Waals surface area contributed by atoms with Crippen molar-refractivity contribution >= 4 is 27.5 Å². The predicted octanol–water partition coefficient (Wildman–Crippen LogP) is 4.18. The second-order valence-electron chi connectivity index (χ2n) is 12.7. The Morgan fingerprint density at radius 2 is 1.92 bits per heavy atom. The molecule has 12 nitrogen and oxygen atoms in total. The number of rotatable bonds is 12. The quantitative estimate of drug-likeness (QED) is 0.204. The SMILES string of the molecule is COCCOc1ccc(F)cc1[C@H](Cn1c(=O)n(C(C)(C)C(=O)N2CCCC2)c(=O)c2c(C)c(-n3cccn3)sc21)OC1CCOCC1. The summed E-state index contributed by atoms with van der Waals surface area (Å²) in [6.07, 6.45) is 5.29.